The van der Waals surface area contributed by atoms with Crippen molar-refractivity contribution in [3.05, 3.63) is 0 Å². The van der Waals surface area contributed by atoms with E-state index in [-0.39, 0.29) is 11.5 Å². The van der Waals surface area contributed by atoms with Gasteiger partial charge in [-0.1, -0.05) is 13.8 Å². The third-order valence-electron chi connectivity index (χ3n) is 3.56. The smallest absolute Gasteiger partial charge is 0.150 e. The number of hydrogen-bond donors (Lipinski definition) is 1. The first-order chi connectivity index (χ1) is 8.57. The second-order valence-corrected chi connectivity index (χ2v) is 7.46. The first-order valence-electron chi connectivity index (χ1n) is 7.12. The highest BCUT2D eigenvalue weighted by Crippen LogP contribution is 2.21. The normalized spacial score (nSPS) is 25.2. The summed E-state index contributed by atoms with van der Waals surface area (Å²) in [4.78, 5) is 0. The van der Waals surface area contributed by atoms with Gasteiger partial charge in [0.25, 0.3) is 0 Å². The molecule has 1 aliphatic carbocycles. The molecule has 0 unspecified atom stereocenters. The van der Waals surface area contributed by atoms with E-state index in [1.807, 2.05) is 0 Å². The molecule has 0 aliphatic heterocycles. The highest BCUT2D eigenvalue weighted by atomic mass is 32.2. The largest absolute Gasteiger partial charge is 0.378 e. The summed E-state index contributed by atoms with van der Waals surface area (Å²) in [6.07, 6.45) is 5.50. The van der Waals surface area contributed by atoms with E-state index in [0.29, 0.717) is 25.2 Å². The Kier molecular flexibility index (Phi) is 7.19. The Hall–Kier alpha value is -0.130. The second kappa shape index (κ2) is 8.12. The molecular formula is C13H27NO3S. The summed E-state index contributed by atoms with van der Waals surface area (Å²) in [5.41, 5.74) is 0. The van der Waals surface area contributed by atoms with Crippen LogP contribution in [0.5, 0.6) is 0 Å². The molecule has 0 bridgehead atoms. The van der Waals surface area contributed by atoms with Gasteiger partial charge in [-0.3, -0.25) is 0 Å². The Balaban J connectivity index is 2.08. The standard InChI is InChI=1S/C13H27NO3S/c1-3-14-12-6-8-13(9-7-12)17-10-5-11-18(15,16)4-2/h12-14H,3-11H2,1-2H3. The molecule has 0 amide bonds. The van der Waals surface area contributed by atoms with Gasteiger partial charge in [0, 0.05) is 18.4 Å². The van der Waals surface area contributed by atoms with Crippen molar-refractivity contribution in [1.29, 1.82) is 0 Å². The van der Waals surface area contributed by atoms with E-state index < -0.39 is 9.84 Å². The van der Waals surface area contributed by atoms with E-state index in [0.717, 1.165) is 19.4 Å². The van der Waals surface area contributed by atoms with Crippen molar-refractivity contribution in [2.45, 2.75) is 58.1 Å². The lowest BCUT2D eigenvalue weighted by molar-refractivity contribution is 0.0233. The van der Waals surface area contributed by atoms with Crippen LogP contribution in [0.3, 0.4) is 0 Å². The van der Waals surface area contributed by atoms with Crippen molar-refractivity contribution >= 4 is 9.84 Å². The average molecular weight is 277 g/mol. The molecule has 0 saturated heterocycles. The molecule has 1 rings (SSSR count). The second-order valence-electron chi connectivity index (χ2n) is 4.99. The van der Waals surface area contributed by atoms with Crippen molar-refractivity contribution in [2.24, 2.45) is 0 Å². The Morgan fingerprint density at radius 2 is 1.83 bits per heavy atom. The molecule has 4 nitrogen and oxygen atoms in total. The topological polar surface area (TPSA) is 55.4 Å². The van der Waals surface area contributed by atoms with Crippen LogP contribution in [0.25, 0.3) is 0 Å². The summed E-state index contributed by atoms with van der Waals surface area (Å²) in [7, 11) is -2.83. The van der Waals surface area contributed by atoms with Crippen LogP contribution in [0.4, 0.5) is 0 Å². The van der Waals surface area contributed by atoms with Crippen molar-refractivity contribution in [1.82, 2.24) is 5.32 Å². The molecule has 0 aromatic rings. The Morgan fingerprint density at radius 3 is 2.39 bits per heavy atom. The van der Waals surface area contributed by atoms with Crippen LogP contribution in [-0.4, -0.2) is 45.2 Å². The molecule has 5 heteroatoms. The molecule has 1 fully saturated rings. The zero-order chi connectivity index (χ0) is 13.4. The monoisotopic (exact) mass is 277 g/mol. The minimum atomic E-state index is -2.83. The van der Waals surface area contributed by atoms with Crippen molar-refractivity contribution < 1.29 is 13.2 Å². The molecule has 1 aliphatic rings. The van der Waals surface area contributed by atoms with Gasteiger partial charge in [-0.15, -0.1) is 0 Å². The van der Waals surface area contributed by atoms with Gasteiger partial charge in [0.15, 0.2) is 0 Å². The van der Waals surface area contributed by atoms with E-state index in [1.165, 1.54) is 12.8 Å². The third-order valence-corrected chi connectivity index (χ3v) is 5.35. The van der Waals surface area contributed by atoms with Gasteiger partial charge < -0.3 is 10.1 Å². The molecular weight excluding hydrogens is 250 g/mol. The molecule has 0 atom stereocenters. The highest BCUT2D eigenvalue weighted by molar-refractivity contribution is 7.91. The minimum absolute atomic E-state index is 0.237. The summed E-state index contributed by atoms with van der Waals surface area (Å²) in [5.74, 6) is 0.497. The van der Waals surface area contributed by atoms with Gasteiger partial charge in [-0.05, 0) is 38.6 Å². The number of nitrogens with one attached hydrogen (secondary N) is 1. The zero-order valence-electron chi connectivity index (χ0n) is 11.7. The maximum absolute atomic E-state index is 11.3. The van der Waals surface area contributed by atoms with Gasteiger partial charge in [-0.2, -0.15) is 0 Å². The van der Waals surface area contributed by atoms with Crippen molar-refractivity contribution in [2.75, 3.05) is 24.7 Å². The Bertz CT molecular complexity index is 308. The number of rotatable bonds is 8. The maximum Gasteiger partial charge on any atom is 0.150 e. The van der Waals surface area contributed by atoms with Gasteiger partial charge >= 0.3 is 0 Å². The Labute approximate surface area is 111 Å². The predicted molar refractivity (Wildman–Crippen MR) is 74.6 cm³/mol. The van der Waals surface area contributed by atoms with E-state index in [1.54, 1.807) is 6.92 Å². The zero-order valence-corrected chi connectivity index (χ0v) is 12.5. The molecule has 0 heterocycles. The van der Waals surface area contributed by atoms with Crippen LogP contribution >= 0.6 is 0 Å². The quantitative estimate of drug-likeness (QED) is 0.687. The van der Waals surface area contributed by atoms with Gasteiger partial charge in [-0.25, -0.2) is 8.42 Å². The molecule has 0 spiro atoms. The van der Waals surface area contributed by atoms with Crippen LogP contribution < -0.4 is 5.32 Å². The fraction of sp³-hybridized carbons (Fsp3) is 1.00. The SMILES string of the molecule is CCNC1CCC(OCCCS(=O)(=O)CC)CC1. The lowest BCUT2D eigenvalue weighted by Gasteiger charge is -2.29. The minimum Gasteiger partial charge on any atom is -0.378 e. The highest BCUT2D eigenvalue weighted by Gasteiger charge is 2.20. The molecule has 0 radical (unpaired) electrons. The van der Waals surface area contributed by atoms with Crippen LogP contribution in [0.1, 0.15) is 46.0 Å². The first kappa shape index (κ1) is 15.9. The molecule has 108 valence electrons. The van der Waals surface area contributed by atoms with Gasteiger partial charge in [0.2, 0.25) is 0 Å². The van der Waals surface area contributed by atoms with Crippen molar-refractivity contribution in [3.8, 4) is 0 Å². The lowest BCUT2D eigenvalue weighted by Crippen LogP contribution is -2.35. The summed E-state index contributed by atoms with van der Waals surface area (Å²) < 4.78 is 28.4. The lowest BCUT2D eigenvalue weighted by atomic mass is 9.93. The van der Waals surface area contributed by atoms with Crippen LogP contribution in [-0.2, 0) is 14.6 Å². The summed E-state index contributed by atoms with van der Waals surface area (Å²) in [5, 5.41) is 3.46. The van der Waals surface area contributed by atoms with Crippen LogP contribution in [0.2, 0.25) is 0 Å². The summed E-state index contributed by atoms with van der Waals surface area (Å²) >= 11 is 0. The predicted octanol–water partition coefficient (Wildman–Crippen LogP) is 1.75. The van der Waals surface area contributed by atoms with Gasteiger partial charge in [0.05, 0.1) is 11.9 Å². The van der Waals surface area contributed by atoms with E-state index >= 15 is 0 Å². The third kappa shape index (κ3) is 6.16. The van der Waals surface area contributed by atoms with Crippen LogP contribution in [0.15, 0.2) is 0 Å². The number of hydrogen-bond acceptors (Lipinski definition) is 4. The van der Waals surface area contributed by atoms with Gasteiger partial charge in [0.1, 0.15) is 9.84 Å². The fourth-order valence-corrected chi connectivity index (χ4v) is 3.24. The van der Waals surface area contributed by atoms with E-state index in [4.69, 9.17) is 4.74 Å². The average Bonchev–Trinajstić information content (AvgIpc) is 2.37. The maximum atomic E-state index is 11.3. The molecule has 1 N–H and O–H groups in total. The molecule has 18 heavy (non-hydrogen) atoms. The summed E-state index contributed by atoms with van der Waals surface area (Å²) in [6.45, 7) is 5.44. The number of sulfone groups is 1. The van der Waals surface area contributed by atoms with E-state index in [9.17, 15) is 8.42 Å². The first-order valence-corrected chi connectivity index (χ1v) is 8.95. The number of ether oxygens (including phenoxy) is 1. The Morgan fingerprint density at radius 1 is 1.17 bits per heavy atom. The molecule has 0 aromatic heterocycles. The molecule has 0 aromatic carbocycles. The van der Waals surface area contributed by atoms with Crippen LogP contribution in [0, 0.1) is 0 Å². The fourth-order valence-electron chi connectivity index (χ4n) is 2.40. The molecule has 1 saturated carbocycles. The summed E-state index contributed by atoms with van der Waals surface area (Å²) in [6, 6.07) is 0.648. The van der Waals surface area contributed by atoms with Crippen molar-refractivity contribution in [3.63, 3.8) is 0 Å². The van der Waals surface area contributed by atoms with E-state index in [2.05, 4.69) is 12.2 Å².